The lowest BCUT2D eigenvalue weighted by Gasteiger charge is -2.40. The molecule has 1 spiro atoms. The molecule has 1 saturated carbocycles. The van der Waals surface area contributed by atoms with Gasteiger partial charge in [-0.25, -0.2) is 13.8 Å². The first-order chi connectivity index (χ1) is 17.3. The highest BCUT2D eigenvalue weighted by atomic mass is 32.2. The Kier molecular flexibility index (Phi) is 7.32. The topological polar surface area (TPSA) is 80.4 Å². The van der Waals surface area contributed by atoms with Crippen molar-refractivity contribution in [1.29, 1.82) is 0 Å². The molecular weight excluding hydrogens is 478 g/mol. The van der Waals surface area contributed by atoms with E-state index in [0.717, 1.165) is 12.8 Å². The van der Waals surface area contributed by atoms with Crippen molar-refractivity contribution in [2.24, 2.45) is 22.1 Å². The van der Waals surface area contributed by atoms with Crippen LogP contribution in [0.15, 0.2) is 54.2 Å². The summed E-state index contributed by atoms with van der Waals surface area (Å²) in [4.78, 5) is 21.3. The highest BCUT2D eigenvalue weighted by molar-refractivity contribution is 8.13. The van der Waals surface area contributed by atoms with Crippen LogP contribution in [0.5, 0.6) is 0 Å². The van der Waals surface area contributed by atoms with Crippen LogP contribution in [-0.4, -0.2) is 28.9 Å². The van der Waals surface area contributed by atoms with E-state index in [-0.39, 0.29) is 23.1 Å². The number of thioether (sulfide) groups is 1. The molecule has 1 fully saturated rings. The first-order valence-corrected chi connectivity index (χ1v) is 12.7. The zero-order chi connectivity index (χ0) is 25.9. The van der Waals surface area contributed by atoms with Crippen LogP contribution in [0, 0.1) is 29.0 Å². The molecule has 3 atom stereocenters. The summed E-state index contributed by atoms with van der Waals surface area (Å²) in [6.07, 6.45) is 6.66. The first-order valence-electron chi connectivity index (χ1n) is 11.8. The van der Waals surface area contributed by atoms with Gasteiger partial charge in [-0.2, -0.15) is 0 Å². The number of amidine groups is 1. The molecule has 36 heavy (non-hydrogen) atoms. The molecule has 1 aliphatic heterocycles. The van der Waals surface area contributed by atoms with Crippen molar-refractivity contribution in [2.45, 2.75) is 31.7 Å². The largest absolute Gasteiger partial charge is 0.379 e. The summed E-state index contributed by atoms with van der Waals surface area (Å²) >= 11 is 1.34. The van der Waals surface area contributed by atoms with Gasteiger partial charge in [0.25, 0.3) is 0 Å². The molecule has 8 heteroatoms. The highest BCUT2D eigenvalue weighted by Crippen LogP contribution is 2.68. The maximum absolute atomic E-state index is 15.3. The average molecular weight is 507 g/mol. The number of hydrogen-bond acceptors (Lipinski definition) is 5. The molecule has 5 nitrogen and oxygen atoms in total. The van der Waals surface area contributed by atoms with Gasteiger partial charge in [0.2, 0.25) is 5.91 Å². The molecule has 186 valence electrons. The second kappa shape index (κ2) is 10.3. The van der Waals surface area contributed by atoms with Crippen molar-refractivity contribution >= 4 is 34.7 Å². The molecule has 2 heterocycles. The minimum absolute atomic E-state index is 0.131. The minimum atomic E-state index is -1.25. The van der Waals surface area contributed by atoms with Crippen LogP contribution in [0.3, 0.4) is 0 Å². The molecule has 1 amide bonds. The van der Waals surface area contributed by atoms with Crippen LogP contribution in [0.2, 0.25) is 0 Å². The van der Waals surface area contributed by atoms with Gasteiger partial charge >= 0.3 is 0 Å². The third-order valence-electron chi connectivity index (χ3n) is 6.77. The predicted octanol–water partition coefficient (Wildman–Crippen LogP) is 5.04. The number of benzene rings is 1. The van der Waals surface area contributed by atoms with Crippen LogP contribution in [0.1, 0.15) is 48.6 Å². The Balaban J connectivity index is 1.71. The van der Waals surface area contributed by atoms with Gasteiger partial charge in [-0.15, -0.1) is 6.58 Å². The molecule has 2 unspecified atom stereocenters. The summed E-state index contributed by atoms with van der Waals surface area (Å²) in [5, 5.41) is 2.97. The molecular formula is C28H28F2N4OS. The Morgan fingerprint density at radius 2 is 2.19 bits per heavy atom. The molecule has 4 rings (SSSR count). The number of nitrogens with two attached hydrogens (primary N) is 1. The lowest BCUT2D eigenvalue weighted by Crippen LogP contribution is -2.44. The molecule has 1 aliphatic carbocycles. The summed E-state index contributed by atoms with van der Waals surface area (Å²) in [5.74, 6) is 4.95. The van der Waals surface area contributed by atoms with Crippen molar-refractivity contribution in [3.63, 3.8) is 0 Å². The van der Waals surface area contributed by atoms with Crippen LogP contribution < -0.4 is 11.1 Å². The number of pyridine rings is 1. The Bertz CT molecular complexity index is 1310. The second-order valence-electron chi connectivity index (χ2n) is 8.95. The number of hydrogen-bond donors (Lipinski definition) is 2. The van der Waals surface area contributed by atoms with E-state index in [9.17, 15) is 4.79 Å². The Labute approximate surface area is 214 Å². The van der Waals surface area contributed by atoms with Crippen molar-refractivity contribution in [2.75, 3.05) is 12.8 Å². The first kappa shape index (κ1) is 25.6. The van der Waals surface area contributed by atoms with Gasteiger partial charge in [-0.3, -0.25) is 9.78 Å². The fourth-order valence-electron chi connectivity index (χ4n) is 4.77. The number of aromatic nitrogens is 1. The number of aliphatic imine (C=N–C) groups is 1. The van der Waals surface area contributed by atoms with Crippen molar-refractivity contribution in [3.8, 4) is 11.8 Å². The fraction of sp³-hybridized carbons (Fsp3) is 0.321. The fourth-order valence-corrected chi connectivity index (χ4v) is 5.92. The van der Waals surface area contributed by atoms with E-state index in [2.05, 4.69) is 33.7 Å². The zero-order valence-electron chi connectivity index (χ0n) is 20.3. The number of halogens is 2. The maximum Gasteiger partial charge on any atom is 0.223 e. The number of carbonyl (C=O) groups excluding carboxylic acids is 1. The number of rotatable bonds is 6. The Morgan fingerprint density at radius 3 is 2.86 bits per heavy atom. The summed E-state index contributed by atoms with van der Waals surface area (Å²) < 4.78 is 30.4. The Morgan fingerprint density at radius 1 is 1.39 bits per heavy atom. The number of unbranched alkanes of at least 4 members (excludes halogenated alkanes) is 1. The van der Waals surface area contributed by atoms with Crippen LogP contribution in [0.25, 0.3) is 11.9 Å². The van der Waals surface area contributed by atoms with E-state index < -0.39 is 22.6 Å². The lowest BCUT2D eigenvalue weighted by atomic mass is 9.74. The van der Waals surface area contributed by atoms with Gasteiger partial charge in [0.05, 0.1) is 5.69 Å². The highest BCUT2D eigenvalue weighted by Gasteiger charge is 2.70. The average Bonchev–Trinajstić information content (AvgIpc) is 3.62. The van der Waals surface area contributed by atoms with Crippen LogP contribution in [0.4, 0.5) is 8.78 Å². The summed E-state index contributed by atoms with van der Waals surface area (Å²) in [7, 11) is 1.57. The molecule has 1 aromatic carbocycles. The van der Waals surface area contributed by atoms with Crippen molar-refractivity contribution < 1.29 is 13.6 Å². The van der Waals surface area contributed by atoms with E-state index in [1.54, 1.807) is 31.3 Å². The van der Waals surface area contributed by atoms with Gasteiger partial charge < -0.3 is 11.1 Å². The standard InChI is InChI=1S/C28H28F2N4OS/c1-4-6-7-8-18-10-12-24(33-16-18)23(30)14-19-9-11-22(29)20(13-19)28(5-2)27(17-36-26(31)34-28)15-21(27)25(35)32-3/h5,9-14,16,21H,2,4,6,15,17H2,1,3H3,(H2,31,34)(H,32,35)/b23-14-/t21?,27?,28-/m1/s1. The quantitative estimate of drug-likeness (QED) is 0.425. The van der Waals surface area contributed by atoms with Crippen molar-refractivity contribution in [3.05, 3.63) is 77.4 Å². The second-order valence-corrected chi connectivity index (χ2v) is 9.95. The van der Waals surface area contributed by atoms with E-state index >= 15 is 8.78 Å². The van der Waals surface area contributed by atoms with Crippen molar-refractivity contribution in [1.82, 2.24) is 10.3 Å². The zero-order valence-corrected chi connectivity index (χ0v) is 21.1. The number of carbonyl (C=O) groups is 1. The lowest BCUT2D eigenvalue weighted by molar-refractivity contribution is -0.122. The third kappa shape index (κ3) is 4.56. The predicted molar refractivity (Wildman–Crippen MR) is 142 cm³/mol. The van der Waals surface area contributed by atoms with E-state index in [0.29, 0.717) is 28.5 Å². The SMILES string of the molecule is C=C[C@]1(c2cc(/C=C(\F)c3ccc(C#CCCC)cn3)ccc2F)N=C(N)SCC12CC2C(=O)NC. The van der Waals surface area contributed by atoms with Crippen LogP contribution in [-0.2, 0) is 10.3 Å². The van der Waals surface area contributed by atoms with E-state index in [1.165, 1.54) is 36.2 Å². The monoisotopic (exact) mass is 506 g/mol. The molecule has 1 aromatic heterocycles. The third-order valence-corrected chi connectivity index (χ3v) is 7.81. The maximum atomic E-state index is 15.3. The molecule has 2 aromatic rings. The van der Waals surface area contributed by atoms with Crippen LogP contribution >= 0.6 is 11.8 Å². The van der Waals surface area contributed by atoms with Gasteiger partial charge in [0, 0.05) is 47.9 Å². The van der Waals surface area contributed by atoms with Gasteiger partial charge in [0.1, 0.15) is 17.2 Å². The Hall–Kier alpha value is -3.44. The van der Waals surface area contributed by atoms with Gasteiger partial charge in [-0.05, 0) is 48.7 Å². The van der Waals surface area contributed by atoms with E-state index in [4.69, 9.17) is 5.73 Å². The normalized spacial score (nSPS) is 24.9. The number of nitrogens with zero attached hydrogens (tertiary/aromatic N) is 2. The van der Waals surface area contributed by atoms with Gasteiger partial charge in [0.15, 0.2) is 5.17 Å². The number of amides is 1. The molecule has 0 bridgehead atoms. The molecule has 0 radical (unpaired) electrons. The summed E-state index contributed by atoms with van der Waals surface area (Å²) in [6, 6.07) is 7.59. The smallest absolute Gasteiger partial charge is 0.223 e. The van der Waals surface area contributed by atoms with Gasteiger partial charge in [-0.1, -0.05) is 42.7 Å². The minimum Gasteiger partial charge on any atom is -0.379 e. The molecule has 2 aliphatic rings. The summed E-state index contributed by atoms with van der Waals surface area (Å²) in [6.45, 7) is 6.00. The molecule has 3 N–H and O–H groups in total. The van der Waals surface area contributed by atoms with E-state index in [1.807, 2.05) is 6.92 Å². The summed E-state index contributed by atoms with van der Waals surface area (Å²) in [5.41, 5.74) is 5.66. The number of nitrogens with one attached hydrogen (secondary N) is 1. The molecule has 0 saturated heterocycles.